The number of amides is 1. The van der Waals surface area contributed by atoms with Crippen molar-refractivity contribution in [3.63, 3.8) is 0 Å². The Balaban J connectivity index is 1.37. The first-order valence-electron chi connectivity index (χ1n) is 11.6. The Hall–Kier alpha value is -1.44. The zero-order chi connectivity index (χ0) is 21.1. The van der Waals surface area contributed by atoms with Gasteiger partial charge in [0.1, 0.15) is 0 Å². The number of nitrogens with zero attached hydrogens (tertiary/aromatic N) is 3. The lowest BCUT2D eigenvalue weighted by Gasteiger charge is -2.36. The Kier molecular flexibility index (Phi) is 6.80. The molecule has 6 nitrogen and oxygen atoms in total. The first-order valence-corrected chi connectivity index (χ1v) is 13.0. The highest BCUT2D eigenvalue weighted by molar-refractivity contribution is 7.89. The van der Waals surface area contributed by atoms with Gasteiger partial charge in [0.15, 0.2) is 0 Å². The van der Waals surface area contributed by atoms with Gasteiger partial charge in [-0.3, -0.25) is 4.79 Å². The van der Waals surface area contributed by atoms with Gasteiger partial charge in [-0.1, -0.05) is 19.3 Å². The van der Waals surface area contributed by atoms with Crippen LogP contribution in [0.4, 0.5) is 0 Å². The van der Waals surface area contributed by atoms with Gasteiger partial charge in [-0.25, -0.2) is 8.42 Å². The summed E-state index contributed by atoms with van der Waals surface area (Å²) in [6.45, 7) is 3.96. The van der Waals surface area contributed by atoms with Crippen molar-refractivity contribution in [3.05, 3.63) is 29.8 Å². The highest BCUT2D eigenvalue weighted by Crippen LogP contribution is 2.27. The average molecular weight is 434 g/mol. The van der Waals surface area contributed by atoms with Crippen molar-refractivity contribution in [1.82, 2.24) is 14.1 Å². The number of rotatable bonds is 5. The number of piperidine rings is 1. The Morgan fingerprint density at radius 3 is 2.07 bits per heavy atom. The zero-order valence-electron chi connectivity index (χ0n) is 18.1. The lowest BCUT2D eigenvalue weighted by Crippen LogP contribution is -2.45. The van der Waals surface area contributed by atoms with Crippen LogP contribution in [-0.4, -0.2) is 73.7 Å². The van der Waals surface area contributed by atoms with Gasteiger partial charge in [-0.2, -0.15) is 4.31 Å². The number of hydrogen-bond acceptors (Lipinski definition) is 4. The van der Waals surface area contributed by atoms with Crippen molar-refractivity contribution in [1.29, 1.82) is 0 Å². The highest BCUT2D eigenvalue weighted by atomic mass is 32.2. The maximum Gasteiger partial charge on any atom is 0.253 e. The van der Waals surface area contributed by atoms with E-state index in [1.807, 2.05) is 4.90 Å². The van der Waals surface area contributed by atoms with Crippen molar-refractivity contribution < 1.29 is 13.2 Å². The van der Waals surface area contributed by atoms with E-state index in [2.05, 4.69) is 4.90 Å². The minimum atomic E-state index is -3.52. The molecule has 0 N–H and O–H groups in total. The average Bonchev–Trinajstić information content (AvgIpc) is 3.34. The number of carbonyl (C=O) groups is 1. The van der Waals surface area contributed by atoms with Crippen LogP contribution < -0.4 is 0 Å². The van der Waals surface area contributed by atoms with Gasteiger partial charge in [0, 0.05) is 37.8 Å². The van der Waals surface area contributed by atoms with Gasteiger partial charge in [0.25, 0.3) is 5.91 Å². The van der Waals surface area contributed by atoms with Gasteiger partial charge < -0.3 is 9.80 Å². The van der Waals surface area contributed by atoms with E-state index in [1.54, 1.807) is 31.3 Å². The number of sulfonamides is 1. The molecule has 4 rings (SSSR count). The molecule has 0 atom stereocenters. The molecule has 1 aromatic carbocycles. The van der Waals surface area contributed by atoms with Crippen molar-refractivity contribution in [3.8, 4) is 0 Å². The fraction of sp³-hybridized carbons (Fsp3) is 0.696. The molecule has 1 amide bonds. The molecule has 2 heterocycles. The van der Waals surface area contributed by atoms with Crippen LogP contribution in [0.3, 0.4) is 0 Å². The molecule has 0 aromatic heterocycles. The lowest BCUT2D eigenvalue weighted by molar-refractivity contribution is 0.0644. The van der Waals surface area contributed by atoms with Crippen LogP contribution >= 0.6 is 0 Å². The number of hydrogen-bond donors (Lipinski definition) is 0. The second-order valence-electron chi connectivity index (χ2n) is 9.10. The van der Waals surface area contributed by atoms with Crippen molar-refractivity contribution >= 4 is 15.9 Å². The summed E-state index contributed by atoms with van der Waals surface area (Å²) in [6.07, 6.45) is 9.89. The Morgan fingerprint density at radius 1 is 0.867 bits per heavy atom. The molecule has 1 aliphatic carbocycles. The maximum atomic E-state index is 13.0. The molecule has 3 aliphatic rings. The van der Waals surface area contributed by atoms with Gasteiger partial charge in [-0.05, 0) is 75.9 Å². The fourth-order valence-electron chi connectivity index (χ4n) is 5.30. The largest absolute Gasteiger partial charge is 0.339 e. The molecule has 166 valence electrons. The van der Waals surface area contributed by atoms with Crippen molar-refractivity contribution in [2.75, 3.05) is 33.2 Å². The molecule has 7 heteroatoms. The summed E-state index contributed by atoms with van der Waals surface area (Å²) in [5.74, 6) is 0.0134. The van der Waals surface area contributed by atoms with Crippen LogP contribution in [0.5, 0.6) is 0 Å². The van der Waals surface area contributed by atoms with Crippen LogP contribution in [0.15, 0.2) is 29.2 Å². The quantitative estimate of drug-likeness (QED) is 0.715. The van der Waals surface area contributed by atoms with Crippen LogP contribution in [0.25, 0.3) is 0 Å². The number of likely N-dealkylation sites (tertiary alicyclic amines) is 2. The van der Waals surface area contributed by atoms with E-state index in [0.717, 1.165) is 51.6 Å². The molecule has 1 saturated carbocycles. The van der Waals surface area contributed by atoms with Gasteiger partial charge in [-0.15, -0.1) is 0 Å². The second kappa shape index (κ2) is 9.37. The Morgan fingerprint density at radius 2 is 1.47 bits per heavy atom. The first-order chi connectivity index (χ1) is 14.5. The summed E-state index contributed by atoms with van der Waals surface area (Å²) in [5, 5.41) is 0. The zero-order valence-corrected chi connectivity index (χ0v) is 18.9. The molecule has 2 aliphatic heterocycles. The smallest absolute Gasteiger partial charge is 0.253 e. The molecule has 1 aromatic rings. The van der Waals surface area contributed by atoms with Gasteiger partial charge in [0.05, 0.1) is 4.90 Å². The van der Waals surface area contributed by atoms with Gasteiger partial charge in [0.2, 0.25) is 10.0 Å². The van der Waals surface area contributed by atoms with E-state index in [0.29, 0.717) is 11.6 Å². The molecule has 2 saturated heterocycles. The summed E-state index contributed by atoms with van der Waals surface area (Å²) in [5.41, 5.74) is 0.578. The molecular formula is C23H35N3O3S. The summed E-state index contributed by atoms with van der Waals surface area (Å²) < 4.78 is 27.5. The summed E-state index contributed by atoms with van der Waals surface area (Å²) in [7, 11) is -1.83. The van der Waals surface area contributed by atoms with Crippen LogP contribution in [0.1, 0.15) is 68.1 Å². The van der Waals surface area contributed by atoms with E-state index >= 15 is 0 Å². The number of carbonyl (C=O) groups excluding carboxylic acids is 1. The van der Waals surface area contributed by atoms with Crippen LogP contribution in [0, 0.1) is 0 Å². The molecule has 0 radical (unpaired) electrons. The summed E-state index contributed by atoms with van der Waals surface area (Å²) in [6, 6.07) is 7.24. The van der Waals surface area contributed by atoms with Crippen molar-refractivity contribution in [2.45, 2.75) is 74.8 Å². The third-order valence-electron chi connectivity index (χ3n) is 7.28. The molecular weight excluding hydrogens is 398 g/mol. The first kappa shape index (κ1) is 21.8. The Labute approximate surface area is 181 Å². The molecule has 0 bridgehead atoms. The monoisotopic (exact) mass is 433 g/mol. The highest BCUT2D eigenvalue weighted by Gasteiger charge is 2.31. The van der Waals surface area contributed by atoms with E-state index in [9.17, 15) is 13.2 Å². The standard InChI is InChI=1S/C23H35N3O3S/c1-24(20-7-3-2-4-8-20)30(28,29)22-11-9-19(10-12-22)23(27)26-17-13-21(14-18-26)25-15-5-6-16-25/h9-12,20-21H,2-8,13-18H2,1H3. The third-order valence-corrected chi connectivity index (χ3v) is 9.20. The Bertz CT molecular complexity index is 820. The summed E-state index contributed by atoms with van der Waals surface area (Å²) >= 11 is 0. The van der Waals surface area contributed by atoms with Crippen LogP contribution in [-0.2, 0) is 10.0 Å². The topological polar surface area (TPSA) is 60.9 Å². The van der Waals surface area contributed by atoms with E-state index in [4.69, 9.17) is 0 Å². The lowest BCUT2D eigenvalue weighted by atomic mass is 9.96. The SMILES string of the molecule is CN(C1CCCCC1)S(=O)(=O)c1ccc(C(=O)N2CCC(N3CCCC3)CC2)cc1. The van der Waals surface area contributed by atoms with Gasteiger partial charge >= 0.3 is 0 Å². The molecule has 0 spiro atoms. The van der Waals surface area contributed by atoms with E-state index in [1.165, 1.54) is 36.7 Å². The maximum absolute atomic E-state index is 13.0. The minimum absolute atomic E-state index is 0.0134. The van der Waals surface area contributed by atoms with Crippen molar-refractivity contribution in [2.24, 2.45) is 0 Å². The number of benzene rings is 1. The predicted octanol–water partition coefficient (Wildman–Crippen LogP) is 3.34. The second-order valence-corrected chi connectivity index (χ2v) is 11.1. The fourth-order valence-corrected chi connectivity index (χ4v) is 6.72. The van der Waals surface area contributed by atoms with Crippen LogP contribution in [0.2, 0.25) is 0 Å². The molecule has 30 heavy (non-hydrogen) atoms. The predicted molar refractivity (Wildman–Crippen MR) is 118 cm³/mol. The molecule has 0 unspecified atom stereocenters. The summed E-state index contributed by atoms with van der Waals surface area (Å²) in [4.78, 5) is 17.7. The van der Waals surface area contributed by atoms with E-state index < -0.39 is 10.0 Å². The minimum Gasteiger partial charge on any atom is -0.339 e. The molecule has 3 fully saturated rings. The normalized spacial score (nSPS) is 22.7. The van der Waals surface area contributed by atoms with E-state index in [-0.39, 0.29) is 16.8 Å². The third kappa shape index (κ3) is 4.58.